The Labute approximate surface area is 105 Å². The summed E-state index contributed by atoms with van der Waals surface area (Å²) >= 11 is 5.60. The normalized spacial score (nSPS) is 10.2. The fourth-order valence-electron chi connectivity index (χ4n) is 0.993. The maximum Gasteiger partial charge on any atom is 0.410 e. The molecule has 0 atom stereocenters. The number of halogens is 1. The highest BCUT2D eigenvalue weighted by Crippen LogP contribution is 2.10. The Morgan fingerprint density at radius 3 is 2.06 bits per heavy atom. The zero-order chi connectivity index (χ0) is 13.2. The molecule has 0 spiro atoms. The quantitative estimate of drug-likeness (QED) is 0.710. The molecule has 0 N–H and O–H groups in total. The molecule has 1 amide bonds. The zero-order valence-corrected chi connectivity index (χ0v) is 12.2. The van der Waals surface area contributed by atoms with Gasteiger partial charge in [-0.05, 0) is 27.2 Å². The Morgan fingerprint density at radius 2 is 1.75 bits per heavy atom. The van der Waals surface area contributed by atoms with Crippen LogP contribution in [0.3, 0.4) is 0 Å². The van der Waals surface area contributed by atoms with Crippen molar-refractivity contribution in [1.29, 1.82) is 0 Å². The number of ether oxygens (including phenoxy) is 1. The number of amides is 1. The second-order valence-electron chi connectivity index (χ2n) is 4.16. The monoisotopic (exact) mass is 251 g/mol. The number of rotatable bonds is 4. The van der Waals surface area contributed by atoms with E-state index in [2.05, 4.69) is 0 Å². The van der Waals surface area contributed by atoms with Crippen molar-refractivity contribution in [3.8, 4) is 0 Å². The minimum atomic E-state index is -0.435. The van der Waals surface area contributed by atoms with Gasteiger partial charge in [0.15, 0.2) is 0 Å². The first-order valence-electron chi connectivity index (χ1n) is 5.94. The van der Waals surface area contributed by atoms with E-state index in [4.69, 9.17) is 16.3 Å². The van der Waals surface area contributed by atoms with Crippen molar-refractivity contribution < 1.29 is 9.53 Å². The van der Waals surface area contributed by atoms with Crippen LogP contribution < -0.4 is 0 Å². The number of nitrogens with zero attached hydrogens (tertiary/aromatic N) is 1. The lowest BCUT2D eigenvalue weighted by Gasteiger charge is -2.26. The zero-order valence-electron chi connectivity index (χ0n) is 11.5. The van der Waals surface area contributed by atoms with Gasteiger partial charge in [0.25, 0.3) is 0 Å². The van der Waals surface area contributed by atoms with E-state index in [-0.39, 0.29) is 6.09 Å². The fourth-order valence-corrected chi connectivity index (χ4v) is 1.20. The predicted octanol–water partition coefficient (Wildman–Crippen LogP) is 3.90. The molecule has 0 rings (SSSR count). The summed E-state index contributed by atoms with van der Waals surface area (Å²) in [6.45, 7) is 12.8. The van der Waals surface area contributed by atoms with Gasteiger partial charge in [0.05, 0.1) is 0 Å². The largest absolute Gasteiger partial charge is 0.444 e. The molecule has 3 nitrogen and oxygen atoms in total. The molecule has 0 aromatic rings. The maximum absolute atomic E-state index is 11.6. The average Bonchev–Trinajstić information content (AvgIpc) is 2.18. The van der Waals surface area contributed by atoms with Gasteiger partial charge >= 0.3 is 6.09 Å². The second kappa shape index (κ2) is 9.76. The van der Waals surface area contributed by atoms with Gasteiger partial charge in [-0.1, -0.05) is 20.8 Å². The summed E-state index contributed by atoms with van der Waals surface area (Å²) in [6.07, 6.45) is 0.635. The maximum atomic E-state index is 11.6. The van der Waals surface area contributed by atoms with Gasteiger partial charge < -0.3 is 9.64 Å². The number of hydrogen-bond acceptors (Lipinski definition) is 2. The lowest BCUT2D eigenvalue weighted by Crippen LogP contribution is -2.38. The predicted molar refractivity (Wildman–Crippen MR) is 70.2 cm³/mol. The van der Waals surface area contributed by atoms with Crippen LogP contribution in [-0.4, -0.2) is 35.6 Å². The minimum absolute atomic E-state index is 0.278. The fraction of sp³-hybridized carbons (Fsp3) is 0.917. The van der Waals surface area contributed by atoms with E-state index >= 15 is 0 Å². The van der Waals surface area contributed by atoms with Crippen LogP contribution in [0.15, 0.2) is 0 Å². The van der Waals surface area contributed by atoms with Crippen LogP contribution in [0.5, 0.6) is 0 Å². The van der Waals surface area contributed by atoms with E-state index in [1.54, 1.807) is 4.90 Å². The van der Waals surface area contributed by atoms with E-state index in [0.717, 1.165) is 6.42 Å². The third-order valence-corrected chi connectivity index (χ3v) is 1.67. The Balaban J connectivity index is 0. The highest BCUT2D eigenvalue weighted by atomic mass is 35.5. The first-order chi connectivity index (χ1) is 7.40. The molecular weight excluding hydrogens is 226 g/mol. The molecule has 0 unspecified atom stereocenters. The first kappa shape index (κ1) is 17.9. The Hall–Kier alpha value is -0.440. The molecule has 16 heavy (non-hydrogen) atoms. The highest BCUT2D eigenvalue weighted by molar-refractivity contribution is 6.18. The van der Waals surface area contributed by atoms with Crippen LogP contribution in [0.2, 0.25) is 0 Å². The van der Waals surface area contributed by atoms with Crippen molar-refractivity contribution in [2.24, 2.45) is 0 Å². The first-order valence-corrected chi connectivity index (χ1v) is 6.48. The summed E-state index contributed by atoms with van der Waals surface area (Å²) in [6, 6.07) is 0. The molecule has 0 aromatic heterocycles. The summed E-state index contributed by atoms with van der Waals surface area (Å²) in [5.74, 6) is 0.444. The second-order valence-corrected chi connectivity index (χ2v) is 4.53. The average molecular weight is 252 g/mol. The van der Waals surface area contributed by atoms with Crippen LogP contribution >= 0.6 is 11.6 Å². The van der Waals surface area contributed by atoms with E-state index in [1.165, 1.54) is 0 Å². The van der Waals surface area contributed by atoms with Crippen molar-refractivity contribution in [1.82, 2.24) is 4.90 Å². The third kappa shape index (κ3) is 10.1. The molecule has 0 radical (unpaired) electrons. The third-order valence-electron chi connectivity index (χ3n) is 1.50. The van der Waals surface area contributed by atoms with Gasteiger partial charge in [0, 0.05) is 19.0 Å². The molecule has 0 heterocycles. The van der Waals surface area contributed by atoms with Crippen molar-refractivity contribution in [2.75, 3.05) is 19.0 Å². The van der Waals surface area contributed by atoms with Gasteiger partial charge in [0.2, 0.25) is 0 Å². The summed E-state index contributed by atoms with van der Waals surface area (Å²) in [7, 11) is 0. The van der Waals surface area contributed by atoms with E-state index in [9.17, 15) is 4.79 Å². The summed E-state index contributed by atoms with van der Waals surface area (Å²) in [5, 5.41) is 0. The lowest BCUT2D eigenvalue weighted by molar-refractivity contribution is 0.0261. The molecule has 0 aliphatic rings. The molecule has 4 heteroatoms. The molecule has 0 fully saturated rings. The van der Waals surface area contributed by atoms with Gasteiger partial charge in [-0.15, -0.1) is 11.6 Å². The number of carbonyl (C=O) groups excluding carboxylic acids is 1. The highest BCUT2D eigenvalue weighted by Gasteiger charge is 2.20. The topological polar surface area (TPSA) is 29.5 Å². The Bertz CT molecular complexity index is 172. The molecule has 98 valence electrons. The SMILES string of the molecule is CC.CCCN(CCCl)C(=O)OC(C)(C)C. The van der Waals surface area contributed by atoms with Crippen LogP contribution in [-0.2, 0) is 4.74 Å². The van der Waals surface area contributed by atoms with Gasteiger partial charge in [0.1, 0.15) is 5.60 Å². The van der Waals surface area contributed by atoms with Gasteiger partial charge in [-0.2, -0.15) is 0 Å². The number of carbonyl (C=O) groups is 1. The van der Waals surface area contributed by atoms with E-state index < -0.39 is 5.60 Å². The van der Waals surface area contributed by atoms with Crippen LogP contribution in [0.1, 0.15) is 48.0 Å². The molecule has 0 aromatic carbocycles. The smallest absolute Gasteiger partial charge is 0.410 e. The lowest BCUT2D eigenvalue weighted by atomic mass is 10.2. The standard InChI is InChI=1S/C10H20ClNO2.C2H6/c1-5-7-12(8-6-11)9(13)14-10(2,3)4;1-2/h5-8H2,1-4H3;1-2H3. The van der Waals surface area contributed by atoms with Gasteiger partial charge in [-0.3, -0.25) is 0 Å². The molecule has 0 aliphatic carbocycles. The van der Waals surface area contributed by atoms with E-state index in [0.29, 0.717) is 19.0 Å². The number of alkyl halides is 1. The van der Waals surface area contributed by atoms with Crippen molar-refractivity contribution >= 4 is 17.7 Å². The molecule has 0 bridgehead atoms. The molecule has 0 saturated heterocycles. The van der Waals surface area contributed by atoms with E-state index in [1.807, 2.05) is 41.5 Å². The van der Waals surface area contributed by atoms with Gasteiger partial charge in [-0.25, -0.2) is 4.79 Å². The molecule has 0 saturated carbocycles. The van der Waals surface area contributed by atoms with Crippen LogP contribution in [0, 0.1) is 0 Å². The van der Waals surface area contributed by atoms with Crippen molar-refractivity contribution in [3.05, 3.63) is 0 Å². The van der Waals surface area contributed by atoms with Crippen LogP contribution in [0.4, 0.5) is 4.79 Å². The molecule has 0 aliphatic heterocycles. The van der Waals surface area contributed by atoms with Crippen molar-refractivity contribution in [2.45, 2.75) is 53.6 Å². The minimum Gasteiger partial charge on any atom is -0.444 e. The molecular formula is C12H26ClNO2. The number of hydrogen-bond donors (Lipinski definition) is 0. The summed E-state index contributed by atoms with van der Waals surface area (Å²) in [5.41, 5.74) is -0.435. The van der Waals surface area contributed by atoms with Crippen molar-refractivity contribution in [3.63, 3.8) is 0 Å². The Morgan fingerprint density at radius 1 is 1.25 bits per heavy atom. The summed E-state index contributed by atoms with van der Waals surface area (Å²) < 4.78 is 5.23. The Kier molecular flexibility index (Phi) is 10.9. The van der Waals surface area contributed by atoms with Crippen LogP contribution in [0.25, 0.3) is 0 Å². The summed E-state index contributed by atoms with van der Waals surface area (Å²) in [4.78, 5) is 13.2.